The van der Waals surface area contributed by atoms with E-state index >= 15 is 0 Å². The third-order valence-electron chi connectivity index (χ3n) is 3.83. The Morgan fingerprint density at radius 2 is 2.15 bits per heavy atom. The van der Waals surface area contributed by atoms with Crippen LogP contribution in [0.2, 0.25) is 0 Å². The van der Waals surface area contributed by atoms with Crippen LogP contribution in [0.15, 0.2) is 24.3 Å². The van der Waals surface area contributed by atoms with Crippen molar-refractivity contribution < 1.29 is 14.7 Å². The van der Waals surface area contributed by atoms with Gasteiger partial charge in [-0.1, -0.05) is 12.1 Å². The fraction of sp³-hybridized carbons (Fsp3) is 0.467. The standard InChI is InChI=1S/C15H20N2O3/c1-15(14(19)20,11-6-7-11)17-13(18)8-5-10-3-2-4-12(16)9-10/h2-4,9,11H,5-8,16H2,1H3,(H,17,18)(H,19,20). The van der Waals surface area contributed by atoms with Gasteiger partial charge in [-0.2, -0.15) is 0 Å². The largest absolute Gasteiger partial charge is 0.480 e. The number of aryl methyl sites for hydroxylation is 1. The summed E-state index contributed by atoms with van der Waals surface area (Å²) in [5, 5.41) is 12.0. The maximum absolute atomic E-state index is 11.9. The van der Waals surface area contributed by atoms with Crippen molar-refractivity contribution in [3.8, 4) is 0 Å². The number of rotatable bonds is 6. The van der Waals surface area contributed by atoms with Crippen LogP contribution in [0.3, 0.4) is 0 Å². The van der Waals surface area contributed by atoms with Gasteiger partial charge in [0.25, 0.3) is 0 Å². The van der Waals surface area contributed by atoms with Crippen LogP contribution in [0.5, 0.6) is 0 Å². The zero-order valence-corrected chi connectivity index (χ0v) is 11.6. The molecule has 0 radical (unpaired) electrons. The molecule has 4 N–H and O–H groups in total. The fourth-order valence-electron chi connectivity index (χ4n) is 2.35. The Bertz CT molecular complexity index is 526. The Balaban J connectivity index is 1.90. The number of benzene rings is 1. The number of carbonyl (C=O) groups is 2. The Kier molecular flexibility index (Phi) is 3.97. The van der Waals surface area contributed by atoms with Crippen molar-refractivity contribution in [2.45, 2.75) is 38.1 Å². The molecule has 1 aromatic rings. The van der Waals surface area contributed by atoms with Gasteiger partial charge in [0.15, 0.2) is 0 Å². The molecule has 0 heterocycles. The van der Waals surface area contributed by atoms with Crippen LogP contribution in [0.1, 0.15) is 31.7 Å². The molecule has 1 aromatic carbocycles. The average molecular weight is 276 g/mol. The van der Waals surface area contributed by atoms with E-state index in [-0.39, 0.29) is 18.2 Å². The predicted molar refractivity (Wildman–Crippen MR) is 76.1 cm³/mol. The normalized spacial score (nSPS) is 17.2. The van der Waals surface area contributed by atoms with Gasteiger partial charge in [-0.05, 0) is 49.8 Å². The summed E-state index contributed by atoms with van der Waals surface area (Å²) >= 11 is 0. The van der Waals surface area contributed by atoms with Crippen molar-refractivity contribution >= 4 is 17.6 Å². The Hall–Kier alpha value is -2.04. The van der Waals surface area contributed by atoms with Crippen molar-refractivity contribution in [3.05, 3.63) is 29.8 Å². The molecule has 0 saturated heterocycles. The second-order valence-electron chi connectivity index (χ2n) is 5.57. The molecule has 1 saturated carbocycles. The van der Waals surface area contributed by atoms with Crippen LogP contribution in [0.4, 0.5) is 5.69 Å². The van der Waals surface area contributed by atoms with Crippen LogP contribution in [0, 0.1) is 5.92 Å². The molecule has 5 nitrogen and oxygen atoms in total. The quantitative estimate of drug-likeness (QED) is 0.688. The third kappa shape index (κ3) is 3.29. The molecule has 0 aliphatic heterocycles. The number of aliphatic carboxylic acids is 1. The minimum absolute atomic E-state index is 0.0521. The SMILES string of the molecule is CC(NC(=O)CCc1cccc(N)c1)(C(=O)O)C1CC1. The monoisotopic (exact) mass is 276 g/mol. The summed E-state index contributed by atoms with van der Waals surface area (Å²) in [5.74, 6) is -1.14. The van der Waals surface area contributed by atoms with Gasteiger partial charge < -0.3 is 16.2 Å². The first-order chi connectivity index (χ1) is 9.41. The Morgan fingerprint density at radius 1 is 1.45 bits per heavy atom. The number of carboxylic acids is 1. The van der Waals surface area contributed by atoms with E-state index in [1.807, 2.05) is 18.2 Å². The molecule has 1 unspecified atom stereocenters. The van der Waals surface area contributed by atoms with Crippen molar-refractivity contribution in [1.29, 1.82) is 0 Å². The molecular weight excluding hydrogens is 256 g/mol. The minimum atomic E-state index is -1.13. The Morgan fingerprint density at radius 3 is 2.70 bits per heavy atom. The second-order valence-corrected chi connectivity index (χ2v) is 5.57. The van der Waals surface area contributed by atoms with Crippen LogP contribution < -0.4 is 11.1 Å². The van der Waals surface area contributed by atoms with Crippen molar-refractivity contribution in [2.75, 3.05) is 5.73 Å². The highest BCUT2D eigenvalue weighted by Gasteiger charge is 2.48. The van der Waals surface area contributed by atoms with Crippen molar-refractivity contribution in [2.24, 2.45) is 5.92 Å². The molecule has 108 valence electrons. The summed E-state index contributed by atoms with van der Waals surface area (Å²) < 4.78 is 0. The van der Waals surface area contributed by atoms with E-state index in [0.29, 0.717) is 12.1 Å². The van der Waals surface area contributed by atoms with E-state index in [4.69, 9.17) is 5.73 Å². The van der Waals surface area contributed by atoms with Gasteiger partial charge in [0.2, 0.25) is 5.91 Å². The van der Waals surface area contributed by atoms with E-state index in [1.54, 1.807) is 13.0 Å². The minimum Gasteiger partial charge on any atom is -0.480 e. The van der Waals surface area contributed by atoms with Gasteiger partial charge in [-0.3, -0.25) is 4.79 Å². The molecule has 1 amide bonds. The molecule has 5 heteroatoms. The van der Waals surface area contributed by atoms with Crippen molar-refractivity contribution in [1.82, 2.24) is 5.32 Å². The maximum atomic E-state index is 11.9. The lowest BCUT2D eigenvalue weighted by Crippen LogP contribution is -2.54. The summed E-state index contributed by atoms with van der Waals surface area (Å²) in [7, 11) is 0. The van der Waals surface area contributed by atoms with Crippen LogP contribution in [0.25, 0.3) is 0 Å². The molecule has 1 aliphatic rings. The first kappa shape index (κ1) is 14.4. The zero-order valence-electron chi connectivity index (χ0n) is 11.6. The van der Waals surface area contributed by atoms with Crippen LogP contribution in [-0.4, -0.2) is 22.5 Å². The summed E-state index contributed by atoms with van der Waals surface area (Å²) in [6.45, 7) is 1.59. The highest BCUT2D eigenvalue weighted by Crippen LogP contribution is 2.39. The van der Waals surface area contributed by atoms with Gasteiger partial charge >= 0.3 is 5.97 Å². The molecule has 20 heavy (non-hydrogen) atoms. The zero-order chi connectivity index (χ0) is 14.8. The summed E-state index contributed by atoms with van der Waals surface area (Å²) in [4.78, 5) is 23.3. The molecule has 1 atom stereocenters. The van der Waals surface area contributed by atoms with E-state index < -0.39 is 11.5 Å². The highest BCUT2D eigenvalue weighted by atomic mass is 16.4. The number of nitrogens with one attached hydrogen (secondary N) is 1. The fourth-order valence-corrected chi connectivity index (χ4v) is 2.35. The number of nitrogen functional groups attached to an aromatic ring is 1. The first-order valence-electron chi connectivity index (χ1n) is 6.80. The van der Waals surface area contributed by atoms with Gasteiger partial charge in [0.05, 0.1) is 0 Å². The molecule has 0 aromatic heterocycles. The summed E-state index contributed by atoms with van der Waals surface area (Å²) in [6, 6.07) is 7.36. The first-order valence-corrected chi connectivity index (χ1v) is 6.80. The molecule has 2 rings (SSSR count). The smallest absolute Gasteiger partial charge is 0.329 e. The second kappa shape index (κ2) is 5.53. The number of hydrogen-bond donors (Lipinski definition) is 3. The van der Waals surface area contributed by atoms with Crippen LogP contribution in [-0.2, 0) is 16.0 Å². The highest BCUT2D eigenvalue weighted by molar-refractivity contribution is 5.87. The summed E-state index contributed by atoms with van der Waals surface area (Å²) in [5.41, 5.74) is 6.18. The van der Waals surface area contributed by atoms with Gasteiger partial charge in [0.1, 0.15) is 5.54 Å². The van der Waals surface area contributed by atoms with Crippen LogP contribution >= 0.6 is 0 Å². The maximum Gasteiger partial charge on any atom is 0.329 e. The number of carbonyl (C=O) groups excluding carboxylic acids is 1. The topological polar surface area (TPSA) is 92.4 Å². The molecule has 0 bridgehead atoms. The van der Waals surface area contributed by atoms with E-state index in [2.05, 4.69) is 5.32 Å². The lowest BCUT2D eigenvalue weighted by Gasteiger charge is -2.26. The number of hydrogen-bond acceptors (Lipinski definition) is 3. The van der Waals surface area contributed by atoms with E-state index in [0.717, 1.165) is 18.4 Å². The number of nitrogens with two attached hydrogens (primary N) is 1. The molecule has 1 aliphatic carbocycles. The average Bonchev–Trinajstić information content (AvgIpc) is 3.20. The van der Waals surface area contributed by atoms with Crippen molar-refractivity contribution in [3.63, 3.8) is 0 Å². The molecular formula is C15H20N2O3. The summed E-state index contributed by atoms with van der Waals surface area (Å²) in [6.07, 6.45) is 2.53. The lowest BCUT2D eigenvalue weighted by atomic mass is 9.95. The Labute approximate surface area is 118 Å². The third-order valence-corrected chi connectivity index (χ3v) is 3.83. The van der Waals surface area contributed by atoms with Gasteiger partial charge in [-0.25, -0.2) is 4.79 Å². The van der Waals surface area contributed by atoms with Gasteiger partial charge in [0, 0.05) is 12.1 Å². The molecule has 1 fully saturated rings. The number of carboxylic acid groups (broad SMARTS) is 1. The number of amides is 1. The van der Waals surface area contributed by atoms with E-state index in [1.165, 1.54) is 0 Å². The molecule has 0 spiro atoms. The number of anilines is 1. The van der Waals surface area contributed by atoms with E-state index in [9.17, 15) is 14.7 Å². The predicted octanol–water partition coefficient (Wildman–Crippen LogP) is 1.57. The lowest BCUT2D eigenvalue weighted by molar-refractivity contribution is -0.147. The van der Waals surface area contributed by atoms with Gasteiger partial charge in [-0.15, -0.1) is 0 Å².